The Morgan fingerprint density at radius 3 is 1.25 bits per heavy atom. The van der Waals surface area contributed by atoms with Crippen LogP contribution in [0.1, 0.15) is 103 Å². The molecule has 0 bridgehead atoms. The Hall–Kier alpha value is -0.200. The molecule has 0 spiro atoms. The van der Waals surface area contributed by atoms with E-state index in [9.17, 15) is 25.5 Å². The molecule has 5 heteroatoms. The van der Waals surface area contributed by atoms with Crippen molar-refractivity contribution in [1.29, 1.82) is 0 Å². The molecule has 1 saturated carbocycles. The minimum atomic E-state index is -2.88. The maximum Gasteiger partial charge on any atom is 0.245 e. The average Bonchev–Trinajstić information content (AvgIpc) is 2.53. The van der Waals surface area contributed by atoms with Gasteiger partial charge < -0.3 is 25.5 Å². The predicted octanol–water partition coefficient (Wildman–Crippen LogP) is 2.96. The Morgan fingerprint density at radius 2 is 0.833 bits per heavy atom. The minimum Gasteiger partial charge on any atom is -0.387 e. The molecule has 1 fully saturated rings. The van der Waals surface area contributed by atoms with Gasteiger partial charge in [0, 0.05) is 6.42 Å². The fourth-order valence-corrected chi connectivity index (χ4v) is 3.48. The van der Waals surface area contributed by atoms with Crippen molar-refractivity contribution >= 4 is 0 Å². The molecule has 0 radical (unpaired) electrons. The molecule has 1 aliphatic carbocycles. The van der Waals surface area contributed by atoms with E-state index in [1.807, 2.05) is 0 Å². The van der Waals surface area contributed by atoms with Crippen LogP contribution in [0.2, 0.25) is 0 Å². The molecule has 144 valence electrons. The van der Waals surface area contributed by atoms with Crippen LogP contribution in [-0.4, -0.2) is 43.2 Å². The summed E-state index contributed by atoms with van der Waals surface area (Å²) < 4.78 is 0. The van der Waals surface area contributed by atoms with E-state index in [1.54, 1.807) is 0 Å². The molecule has 0 heterocycles. The Kier molecular flexibility index (Phi) is 10.4. The molecule has 5 N–H and O–H groups in total. The summed E-state index contributed by atoms with van der Waals surface area (Å²) in [5.41, 5.74) is 0. The Morgan fingerprint density at radius 1 is 0.500 bits per heavy atom. The van der Waals surface area contributed by atoms with Crippen molar-refractivity contribution < 1.29 is 25.5 Å². The number of rotatable bonds is 0. The molecule has 0 saturated heterocycles. The van der Waals surface area contributed by atoms with Crippen molar-refractivity contribution in [2.75, 3.05) is 0 Å². The lowest BCUT2D eigenvalue weighted by molar-refractivity contribution is -0.386. The Labute approximate surface area is 146 Å². The summed E-state index contributed by atoms with van der Waals surface area (Å²) in [6, 6.07) is 0. The summed E-state index contributed by atoms with van der Waals surface area (Å²) in [5.74, 6) is -5.55. The molecular weight excluding hydrogens is 308 g/mol. The van der Waals surface area contributed by atoms with Gasteiger partial charge in [-0.15, -0.1) is 0 Å². The van der Waals surface area contributed by atoms with E-state index in [0.29, 0.717) is 12.8 Å². The van der Waals surface area contributed by atoms with Crippen LogP contribution >= 0.6 is 0 Å². The van der Waals surface area contributed by atoms with Crippen molar-refractivity contribution in [3.63, 3.8) is 0 Å². The summed E-state index contributed by atoms with van der Waals surface area (Å²) >= 11 is 0. The average molecular weight is 347 g/mol. The van der Waals surface area contributed by atoms with Crippen LogP contribution in [0.4, 0.5) is 0 Å². The van der Waals surface area contributed by atoms with Gasteiger partial charge in [-0.05, 0) is 12.8 Å². The van der Waals surface area contributed by atoms with Gasteiger partial charge in [-0.3, -0.25) is 0 Å². The van der Waals surface area contributed by atoms with Gasteiger partial charge in [-0.25, -0.2) is 0 Å². The first-order valence-electron chi connectivity index (χ1n) is 9.95. The zero-order valence-electron chi connectivity index (χ0n) is 15.1. The highest BCUT2D eigenvalue weighted by atomic mass is 16.6. The summed E-state index contributed by atoms with van der Waals surface area (Å²) in [5, 5.41) is 50.0. The van der Waals surface area contributed by atoms with E-state index in [4.69, 9.17) is 0 Å². The third kappa shape index (κ3) is 7.79. The second kappa shape index (κ2) is 11.4. The lowest BCUT2D eigenvalue weighted by Crippen LogP contribution is -2.61. The van der Waals surface area contributed by atoms with Gasteiger partial charge in [0.25, 0.3) is 0 Å². The second-order valence-electron chi connectivity index (χ2n) is 7.55. The maximum atomic E-state index is 10.0. The molecule has 5 nitrogen and oxygen atoms in total. The van der Waals surface area contributed by atoms with Crippen LogP contribution < -0.4 is 0 Å². The quantitative estimate of drug-likeness (QED) is 0.434. The first-order valence-corrected chi connectivity index (χ1v) is 9.95. The first-order chi connectivity index (χ1) is 11.4. The van der Waals surface area contributed by atoms with E-state index in [-0.39, 0.29) is 12.8 Å². The van der Waals surface area contributed by atoms with E-state index in [1.165, 1.54) is 44.9 Å². The third-order valence-corrected chi connectivity index (χ3v) is 5.31. The van der Waals surface area contributed by atoms with Gasteiger partial charge in [0.15, 0.2) is 0 Å². The van der Waals surface area contributed by atoms with Crippen LogP contribution in [0.5, 0.6) is 0 Å². The highest BCUT2D eigenvalue weighted by Crippen LogP contribution is 2.29. The lowest BCUT2D eigenvalue weighted by atomic mass is 9.91. The lowest BCUT2D eigenvalue weighted by Gasteiger charge is -2.38. The largest absolute Gasteiger partial charge is 0.387 e. The van der Waals surface area contributed by atoms with Crippen molar-refractivity contribution in [1.82, 2.24) is 0 Å². The van der Waals surface area contributed by atoms with E-state index >= 15 is 0 Å². The number of hydrogen-bond donors (Lipinski definition) is 5. The Balaban J connectivity index is 2.49. The van der Waals surface area contributed by atoms with E-state index in [2.05, 4.69) is 0 Å². The molecule has 0 aromatic carbocycles. The third-order valence-electron chi connectivity index (χ3n) is 5.31. The topological polar surface area (TPSA) is 101 Å². The monoisotopic (exact) mass is 346 g/mol. The van der Waals surface area contributed by atoms with Crippen LogP contribution in [-0.2, 0) is 0 Å². The molecule has 24 heavy (non-hydrogen) atoms. The summed E-state index contributed by atoms with van der Waals surface area (Å²) in [4.78, 5) is 0. The van der Waals surface area contributed by atoms with Crippen molar-refractivity contribution in [2.45, 2.75) is 120 Å². The van der Waals surface area contributed by atoms with Gasteiger partial charge in [-0.2, -0.15) is 0 Å². The molecule has 1 rings (SSSR count). The highest BCUT2D eigenvalue weighted by Gasteiger charge is 2.51. The fourth-order valence-electron chi connectivity index (χ4n) is 3.48. The minimum absolute atomic E-state index is 0.142. The standard InChI is InChI=1S/C19H38O5/c20-17-15-13-11-9-7-5-3-1-2-4-6-8-10-12-14-16-18(21,22)19(17,23)24/h17,20-24H,1-16H2. The molecule has 1 aliphatic rings. The van der Waals surface area contributed by atoms with Gasteiger partial charge in [0.2, 0.25) is 11.6 Å². The first kappa shape index (κ1) is 21.8. The molecule has 1 atom stereocenters. The fraction of sp³-hybridized carbons (Fsp3) is 1.00. The maximum absolute atomic E-state index is 10.0. The SMILES string of the molecule is OC1CCCCCCCCCCCCCCCCC(O)(O)C1(O)O. The molecule has 0 aromatic heterocycles. The van der Waals surface area contributed by atoms with E-state index in [0.717, 1.165) is 32.1 Å². The van der Waals surface area contributed by atoms with Gasteiger partial charge in [-0.1, -0.05) is 83.5 Å². The van der Waals surface area contributed by atoms with E-state index < -0.39 is 17.7 Å². The highest BCUT2D eigenvalue weighted by molar-refractivity contribution is 4.88. The smallest absolute Gasteiger partial charge is 0.245 e. The molecule has 1 unspecified atom stereocenters. The Bertz CT molecular complexity index is 317. The zero-order valence-corrected chi connectivity index (χ0v) is 15.1. The summed E-state index contributed by atoms with van der Waals surface area (Å²) in [7, 11) is 0. The predicted molar refractivity (Wildman–Crippen MR) is 94.2 cm³/mol. The second-order valence-corrected chi connectivity index (χ2v) is 7.55. The molecular formula is C19H38O5. The van der Waals surface area contributed by atoms with Crippen LogP contribution in [0.3, 0.4) is 0 Å². The number of aliphatic hydroxyl groups is 5. The number of hydrogen-bond acceptors (Lipinski definition) is 5. The van der Waals surface area contributed by atoms with Crippen molar-refractivity contribution in [3.05, 3.63) is 0 Å². The van der Waals surface area contributed by atoms with Crippen LogP contribution in [0, 0.1) is 0 Å². The molecule has 0 amide bonds. The van der Waals surface area contributed by atoms with Gasteiger partial charge in [0.1, 0.15) is 6.10 Å². The molecule has 0 aliphatic heterocycles. The number of aliphatic hydroxyl groups excluding tert-OH is 1. The summed E-state index contributed by atoms with van der Waals surface area (Å²) in [6.45, 7) is 0. The normalized spacial score (nSPS) is 29.1. The zero-order chi connectivity index (χ0) is 17.9. The van der Waals surface area contributed by atoms with Crippen LogP contribution in [0.25, 0.3) is 0 Å². The van der Waals surface area contributed by atoms with Crippen molar-refractivity contribution in [3.8, 4) is 0 Å². The van der Waals surface area contributed by atoms with Gasteiger partial charge in [0.05, 0.1) is 0 Å². The van der Waals surface area contributed by atoms with Gasteiger partial charge >= 0.3 is 0 Å². The summed E-state index contributed by atoms with van der Waals surface area (Å²) in [6.07, 6.45) is 13.4. The van der Waals surface area contributed by atoms with Crippen LogP contribution in [0.15, 0.2) is 0 Å². The van der Waals surface area contributed by atoms with Crippen molar-refractivity contribution in [2.24, 2.45) is 0 Å². The molecule has 0 aromatic rings.